The Bertz CT molecular complexity index is 5380. The number of furan rings is 2. The van der Waals surface area contributed by atoms with Crippen LogP contribution in [0.15, 0.2) is 215 Å². The summed E-state index contributed by atoms with van der Waals surface area (Å²) in [5, 5.41) is 24.9. The second kappa shape index (κ2) is 15.4. The fourth-order valence-corrected chi connectivity index (χ4v) is 13.4. The maximum Gasteiger partial charge on any atom is 0.237 e. The Balaban J connectivity index is 1.20. The third-order valence-corrected chi connectivity index (χ3v) is 16.5. The Morgan fingerprint density at radius 1 is 0.346 bits per heavy atom. The van der Waals surface area contributed by atoms with Gasteiger partial charge >= 0.3 is 0 Å². The summed E-state index contributed by atoms with van der Waals surface area (Å²) in [6, 6.07) is 74.8. The fraction of sp³-hybridized carbons (Fsp3) is 0.0286. The average molecular weight is 997 g/mol. The molecule has 362 valence electrons. The molecular formula is C70H40N6O2. The summed E-state index contributed by atoms with van der Waals surface area (Å²) in [5.41, 5.74) is 15.7. The quantitative estimate of drug-likeness (QED) is 0.165. The zero-order valence-electron chi connectivity index (χ0n) is 42.1. The standard InChI is InChI=1S/C70H40N6O2/c1-39-28-30-54-47(36-39)62-56(32-34-60-64(62)45-20-8-14-26-58(45)77-60)75(54)67-49(38-71)68(73-50-22-10-4-16-41(50)42-17-5-11-23-51(42)73)70(69(66(67)72-3)74-52-24-12-6-18-43(52)44-19-7-13-25-53(44)74)76-55-31-29-40(2)37-48(55)63-57(76)33-35-61-65(63)46-21-9-15-27-59(46)78-61/h4-37H,1-2H3. The Kier molecular flexibility index (Phi) is 8.40. The molecule has 6 heterocycles. The first-order valence-electron chi connectivity index (χ1n) is 26.2. The summed E-state index contributed by atoms with van der Waals surface area (Å²) in [6.07, 6.45) is 0. The minimum atomic E-state index is 0.325. The zero-order valence-corrected chi connectivity index (χ0v) is 42.1. The van der Waals surface area contributed by atoms with Crippen LogP contribution in [0.25, 0.3) is 159 Å². The first-order valence-corrected chi connectivity index (χ1v) is 26.2. The molecule has 17 rings (SSSR count). The van der Waals surface area contributed by atoms with E-state index >= 15 is 0 Å². The number of aryl methyl sites for hydroxylation is 2. The van der Waals surface area contributed by atoms with Crippen molar-refractivity contribution in [1.29, 1.82) is 5.26 Å². The van der Waals surface area contributed by atoms with Crippen LogP contribution in [0.2, 0.25) is 0 Å². The molecule has 0 unspecified atom stereocenters. The fourth-order valence-electron chi connectivity index (χ4n) is 13.4. The highest BCUT2D eigenvalue weighted by Crippen LogP contribution is 2.53. The third kappa shape index (κ3) is 5.39. The number of fused-ring (bicyclic) bond motifs is 20. The van der Waals surface area contributed by atoms with Gasteiger partial charge in [-0.2, -0.15) is 5.26 Å². The lowest BCUT2D eigenvalue weighted by Crippen LogP contribution is -2.14. The van der Waals surface area contributed by atoms with E-state index in [4.69, 9.17) is 13.7 Å². The maximum atomic E-state index is 12.7. The van der Waals surface area contributed by atoms with Gasteiger partial charge in [-0.25, -0.2) is 4.85 Å². The normalized spacial score (nSPS) is 12.2. The van der Waals surface area contributed by atoms with Crippen LogP contribution in [-0.4, -0.2) is 18.3 Å². The highest BCUT2D eigenvalue weighted by atomic mass is 16.3. The molecule has 17 aromatic rings. The SMILES string of the molecule is [C-]#[N+]c1c(-n2c3ccccc3c3ccccc32)c(-n2c3ccc(C)cc3c3c4c(ccc32)oc2ccccc24)c(-n2c3ccccc3c3ccccc32)c(C#N)c1-n1c2ccc(C)cc2c2c3c(ccc21)oc1ccccc13. The molecule has 0 saturated carbocycles. The molecule has 0 aliphatic carbocycles. The van der Waals surface area contributed by atoms with Crippen molar-refractivity contribution in [2.24, 2.45) is 0 Å². The van der Waals surface area contributed by atoms with Gasteiger partial charge in [-0.15, -0.1) is 0 Å². The minimum absolute atomic E-state index is 0.325. The number of nitrogens with zero attached hydrogens (tertiary/aromatic N) is 6. The highest BCUT2D eigenvalue weighted by molar-refractivity contribution is 6.30. The molecule has 8 nitrogen and oxygen atoms in total. The van der Waals surface area contributed by atoms with E-state index in [1.54, 1.807) is 0 Å². The van der Waals surface area contributed by atoms with Crippen molar-refractivity contribution >= 4 is 137 Å². The molecule has 0 atom stereocenters. The number of nitriles is 1. The maximum absolute atomic E-state index is 12.7. The van der Waals surface area contributed by atoms with Gasteiger partial charge in [0.15, 0.2) is 0 Å². The molecule has 78 heavy (non-hydrogen) atoms. The molecule has 8 heteroatoms. The van der Waals surface area contributed by atoms with Gasteiger partial charge in [-0.1, -0.05) is 132 Å². The monoisotopic (exact) mass is 996 g/mol. The summed E-state index contributed by atoms with van der Waals surface area (Å²) in [6.45, 7) is 14.1. The Morgan fingerprint density at radius 2 is 0.705 bits per heavy atom. The second-order valence-corrected chi connectivity index (χ2v) is 20.7. The van der Waals surface area contributed by atoms with Crippen molar-refractivity contribution in [3.8, 4) is 28.8 Å². The van der Waals surface area contributed by atoms with Crippen LogP contribution in [0, 0.1) is 31.8 Å². The van der Waals surface area contributed by atoms with E-state index in [1.165, 1.54) is 0 Å². The second-order valence-electron chi connectivity index (χ2n) is 20.7. The molecule has 0 bridgehead atoms. The summed E-state index contributed by atoms with van der Waals surface area (Å²) in [4.78, 5) is 4.81. The van der Waals surface area contributed by atoms with Crippen LogP contribution in [0.3, 0.4) is 0 Å². The van der Waals surface area contributed by atoms with E-state index < -0.39 is 0 Å². The van der Waals surface area contributed by atoms with Crippen molar-refractivity contribution in [2.75, 3.05) is 0 Å². The van der Waals surface area contributed by atoms with Crippen LogP contribution >= 0.6 is 0 Å². The lowest BCUT2D eigenvalue weighted by atomic mass is 10.0. The third-order valence-electron chi connectivity index (χ3n) is 16.5. The molecule has 0 spiro atoms. The van der Waals surface area contributed by atoms with Crippen LogP contribution in [0.1, 0.15) is 16.7 Å². The summed E-state index contributed by atoms with van der Waals surface area (Å²) in [5.74, 6) is 0. The van der Waals surface area contributed by atoms with E-state index in [0.717, 1.165) is 142 Å². The van der Waals surface area contributed by atoms with Crippen molar-refractivity contribution in [2.45, 2.75) is 13.8 Å². The Morgan fingerprint density at radius 3 is 1.14 bits per heavy atom. The lowest BCUT2D eigenvalue weighted by Gasteiger charge is -2.27. The molecular weight excluding hydrogens is 957 g/mol. The number of hydrogen-bond donors (Lipinski definition) is 0. The van der Waals surface area contributed by atoms with Gasteiger partial charge < -0.3 is 27.1 Å². The van der Waals surface area contributed by atoms with Gasteiger partial charge in [0.05, 0.1) is 79.0 Å². The number of para-hydroxylation sites is 6. The highest BCUT2D eigenvalue weighted by Gasteiger charge is 2.35. The van der Waals surface area contributed by atoms with E-state index in [1.807, 2.05) is 30.3 Å². The molecule has 0 fully saturated rings. The minimum Gasteiger partial charge on any atom is -0.456 e. The first-order chi connectivity index (χ1) is 38.5. The van der Waals surface area contributed by atoms with E-state index in [9.17, 15) is 11.8 Å². The van der Waals surface area contributed by atoms with E-state index in [2.05, 4.69) is 214 Å². The van der Waals surface area contributed by atoms with Crippen molar-refractivity contribution < 1.29 is 8.83 Å². The predicted octanol–water partition coefficient (Wildman–Crippen LogP) is 18.9. The number of aromatic nitrogens is 4. The summed E-state index contributed by atoms with van der Waals surface area (Å²) >= 11 is 0. The summed E-state index contributed by atoms with van der Waals surface area (Å²) in [7, 11) is 0. The van der Waals surface area contributed by atoms with Gasteiger partial charge in [-0.3, -0.25) is 0 Å². The molecule has 0 N–H and O–H groups in total. The molecule has 6 aromatic heterocycles. The molecule has 0 saturated heterocycles. The zero-order chi connectivity index (χ0) is 51.7. The smallest absolute Gasteiger partial charge is 0.237 e. The van der Waals surface area contributed by atoms with Gasteiger partial charge in [-0.05, 0) is 98.8 Å². The van der Waals surface area contributed by atoms with Crippen LogP contribution in [0.5, 0.6) is 0 Å². The van der Waals surface area contributed by atoms with Gasteiger partial charge in [0.2, 0.25) is 5.69 Å². The van der Waals surface area contributed by atoms with E-state index in [-0.39, 0.29) is 0 Å². The van der Waals surface area contributed by atoms with Gasteiger partial charge in [0.1, 0.15) is 28.4 Å². The number of rotatable bonds is 4. The predicted molar refractivity (Wildman–Crippen MR) is 319 cm³/mol. The lowest BCUT2D eigenvalue weighted by molar-refractivity contribution is 0.669. The van der Waals surface area contributed by atoms with Crippen molar-refractivity contribution in [3.05, 3.63) is 234 Å². The van der Waals surface area contributed by atoms with Crippen LogP contribution < -0.4 is 0 Å². The van der Waals surface area contributed by atoms with Gasteiger partial charge in [0.25, 0.3) is 0 Å². The van der Waals surface area contributed by atoms with Crippen molar-refractivity contribution in [3.63, 3.8) is 0 Å². The Labute approximate surface area is 444 Å². The van der Waals surface area contributed by atoms with E-state index in [0.29, 0.717) is 34.0 Å². The summed E-state index contributed by atoms with van der Waals surface area (Å²) < 4.78 is 22.4. The topological polar surface area (TPSA) is 74.2 Å². The Hall–Kier alpha value is -10.8. The van der Waals surface area contributed by atoms with Crippen LogP contribution in [-0.2, 0) is 0 Å². The molecule has 0 radical (unpaired) electrons. The molecule has 11 aromatic carbocycles. The number of hydrogen-bond acceptors (Lipinski definition) is 3. The van der Waals surface area contributed by atoms with Crippen LogP contribution in [0.4, 0.5) is 5.69 Å². The van der Waals surface area contributed by atoms with Gasteiger partial charge in [0, 0.05) is 64.6 Å². The molecule has 0 aliphatic rings. The number of benzene rings is 11. The van der Waals surface area contributed by atoms with Crippen molar-refractivity contribution in [1.82, 2.24) is 18.3 Å². The first kappa shape index (κ1) is 42.5. The molecule has 0 aliphatic heterocycles. The molecule has 0 amide bonds. The largest absolute Gasteiger partial charge is 0.456 e. The average Bonchev–Trinajstić information content (AvgIpc) is 4.50.